The smallest absolute Gasteiger partial charge is 0.0476 e. The summed E-state index contributed by atoms with van der Waals surface area (Å²) in [6.45, 7) is 1.95. The summed E-state index contributed by atoms with van der Waals surface area (Å²) in [5, 5.41) is 8.30. The number of halogens is 3. The van der Waals surface area contributed by atoms with E-state index in [0.717, 1.165) is 18.1 Å². The zero-order chi connectivity index (χ0) is 19.2. The fraction of sp³-hybridized carbons (Fsp3) is 0.250. The highest BCUT2D eigenvalue weighted by Crippen LogP contribution is 2.32. The van der Waals surface area contributed by atoms with E-state index in [0.29, 0.717) is 12.1 Å². The molecule has 4 rings (SSSR count). The maximum atomic E-state index is 6.02. The van der Waals surface area contributed by atoms with Crippen LogP contribution < -0.4 is 10.6 Å². The molecule has 2 atom stereocenters. The molecule has 6 heteroatoms. The molecular weight excluding hydrogens is 455 g/mol. The van der Waals surface area contributed by atoms with Gasteiger partial charge in [0.2, 0.25) is 0 Å². The summed E-state index contributed by atoms with van der Waals surface area (Å²) in [6, 6.07) is 28.3. The van der Waals surface area contributed by atoms with Crippen LogP contribution in [-0.4, -0.2) is 12.6 Å². The van der Waals surface area contributed by atoms with Crippen molar-refractivity contribution in [3.63, 3.8) is 0 Å². The van der Waals surface area contributed by atoms with E-state index in [9.17, 15) is 0 Å². The fourth-order valence-electron chi connectivity index (χ4n) is 3.74. The standard InChI is InChI=1S/C24H25ClN2S.2ClH/c25-20-12-14-21(15-13-20)28-23-11-5-4-9-19(23)17-27-22-10-6-16-26-24(22)18-7-2-1-3-8-18;;/h1-5,7-9,11-15,22,24,26-27H,6,10,16-17H2;2*1H/t22-,24-;;/m1../s1. The Kier molecular flexibility index (Phi) is 10.5. The lowest BCUT2D eigenvalue weighted by Crippen LogP contribution is -2.45. The summed E-state index contributed by atoms with van der Waals surface area (Å²) in [5.74, 6) is 0. The van der Waals surface area contributed by atoms with Gasteiger partial charge in [-0.3, -0.25) is 0 Å². The molecule has 1 fully saturated rings. The van der Waals surface area contributed by atoms with Crippen LogP contribution in [0.15, 0.2) is 88.7 Å². The second-order valence-corrected chi connectivity index (χ2v) is 8.69. The molecule has 0 unspecified atom stereocenters. The van der Waals surface area contributed by atoms with Crippen LogP contribution in [0.5, 0.6) is 0 Å². The van der Waals surface area contributed by atoms with E-state index in [1.54, 1.807) is 11.8 Å². The van der Waals surface area contributed by atoms with E-state index >= 15 is 0 Å². The van der Waals surface area contributed by atoms with Gasteiger partial charge in [-0.2, -0.15) is 0 Å². The average molecular weight is 482 g/mol. The van der Waals surface area contributed by atoms with Gasteiger partial charge < -0.3 is 10.6 Å². The molecule has 3 aromatic carbocycles. The van der Waals surface area contributed by atoms with Crippen molar-refractivity contribution in [1.82, 2.24) is 10.6 Å². The van der Waals surface area contributed by atoms with Crippen LogP contribution in [0, 0.1) is 0 Å². The van der Waals surface area contributed by atoms with E-state index in [-0.39, 0.29) is 24.8 Å². The summed E-state index contributed by atoms with van der Waals surface area (Å²) in [7, 11) is 0. The molecule has 1 aliphatic heterocycles. The lowest BCUT2D eigenvalue weighted by Gasteiger charge is -2.34. The zero-order valence-electron chi connectivity index (χ0n) is 16.6. The largest absolute Gasteiger partial charge is 0.309 e. The highest BCUT2D eigenvalue weighted by molar-refractivity contribution is 7.99. The number of nitrogens with one attached hydrogen (secondary N) is 2. The monoisotopic (exact) mass is 480 g/mol. The van der Waals surface area contributed by atoms with Gasteiger partial charge in [-0.15, -0.1) is 24.8 Å². The first-order chi connectivity index (χ1) is 13.8. The molecule has 0 amide bonds. The number of hydrogen-bond donors (Lipinski definition) is 2. The van der Waals surface area contributed by atoms with Crippen LogP contribution in [0.3, 0.4) is 0 Å². The van der Waals surface area contributed by atoms with Crippen LogP contribution in [-0.2, 0) is 6.54 Å². The van der Waals surface area contributed by atoms with Crippen LogP contribution in [0.2, 0.25) is 5.02 Å². The lowest BCUT2D eigenvalue weighted by atomic mass is 9.92. The zero-order valence-corrected chi connectivity index (χ0v) is 19.8. The molecule has 2 N–H and O–H groups in total. The summed E-state index contributed by atoms with van der Waals surface area (Å²) in [5.41, 5.74) is 2.70. The maximum absolute atomic E-state index is 6.02. The molecule has 0 radical (unpaired) electrons. The van der Waals surface area contributed by atoms with Crippen LogP contribution in [0.1, 0.15) is 30.0 Å². The molecule has 0 bridgehead atoms. The average Bonchev–Trinajstić information content (AvgIpc) is 2.75. The van der Waals surface area contributed by atoms with Crippen molar-refractivity contribution < 1.29 is 0 Å². The predicted octanol–water partition coefficient (Wildman–Crippen LogP) is 6.92. The van der Waals surface area contributed by atoms with Crippen LogP contribution in [0.4, 0.5) is 0 Å². The second kappa shape index (κ2) is 12.6. The first kappa shape index (κ1) is 25.1. The summed E-state index contributed by atoms with van der Waals surface area (Å²) in [6.07, 6.45) is 2.40. The topological polar surface area (TPSA) is 24.1 Å². The van der Waals surface area contributed by atoms with Crippen molar-refractivity contribution in [3.05, 3.63) is 95.0 Å². The van der Waals surface area contributed by atoms with E-state index in [1.807, 2.05) is 12.1 Å². The van der Waals surface area contributed by atoms with Crippen molar-refractivity contribution in [2.45, 2.75) is 41.3 Å². The Morgan fingerprint density at radius 1 is 0.900 bits per heavy atom. The molecule has 0 aromatic heterocycles. The highest BCUT2D eigenvalue weighted by Gasteiger charge is 2.25. The SMILES string of the molecule is Cl.Cl.Clc1ccc(Sc2ccccc2CN[C@@H]2CCCN[C@@H]2c2ccccc2)cc1. The van der Waals surface area contributed by atoms with Gasteiger partial charge >= 0.3 is 0 Å². The predicted molar refractivity (Wildman–Crippen MR) is 134 cm³/mol. The van der Waals surface area contributed by atoms with Gasteiger partial charge in [-0.25, -0.2) is 0 Å². The molecule has 0 aliphatic carbocycles. The van der Waals surface area contributed by atoms with Crippen molar-refractivity contribution in [2.24, 2.45) is 0 Å². The Morgan fingerprint density at radius 3 is 2.37 bits per heavy atom. The Balaban J connectivity index is 0.00000160. The third kappa shape index (κ3) is 6.65. The molecular formula is C24H27Cl3N2S. The minimum absolute atomic E-state index is 0. The van der Waals surface area contributed by atoms with Gasteiger partial charge in [0.15, 0.2) is 0 Å². The van der Waals surface area contributed by atoms with Gasteiger partial charge in [-0.05, 0) is 60.8 Å². The molecule has 1 heterocycles. The quantitative estimate of drug-likeness (QED) is 0.399. The van der Waals surface area contributed by atoms with Gasteiger partial charge in [0, 0.05) is 33.4 Å². The minimum atomic E-state index is 0. The second-order valence-electron chi connectivity index (χ2n) is 7.14. The summed E-state index contributed by atoms with van der Waals surface area (Å²) >= 11 is 7.81. The Labute approximate surface area is 201 Å². The van der Waals surface area contributed by atoms with Gasteiger partial charge in [-0.1, -0.05) is 71.9 Å². The molecule has 3 aromatic rings. The summed E-state index contributed by atoms with van der Waals surface area (Å²) < 4.78 is 0. The number of benzene rings is 3. The first-order valence-corrected chi connectivity index (χ1v) is 11.0. The molecule has 2 nitrogen and oxygen atoms in total. The van der Waals surface area contributed by atoms with E-state index in [1.165, 1.54) is 33.8 Å². The molecule has 1 aliphatic rings. The Hall–Kier alpha value is -1.20. The number of rotatable bonds is 6. The Morgan fingerprint density at radius 2 is 1.60 bits per heavy atom. The van der Waals surface area contributed by atoms with Crippen LogP contribution >= 0.6 is 48.2 Å². The normalized spacial score (nSPS) is 18.2. The van der Waals surface area contributed by atoms with E-state index in [4.69, 9.17) is 11.6 Å². The van der Waals surface area contributed by atoms with E-state index < -0.39 is 0 Å². The number of piperidine rings is 1. The summed E-state index contributed by atoms with van der Waals surface area (Å²) in [4.78, 5) is 2.50. The Bertz CT molecular complexity index is 890. The van der Waals surface area contributed by atoms with Crippen molar-refractivity contribution in [1.29, 1.82) is 0 Å². The lowest BCUT2D eigenvalue weighted by molar-refractivity contribution is 0.304. The molecule has 30 heavy (non-hydrogen) atoms. The van der Waals surface area contributed by atoms with Crippen molar-refractivity contribution >= 4 is 48.2 Å². The van der Waals surface area contributed by atoms with Crippen LogP contribution in [0.25, 0.3) is 0 Å². The van der Waals surface area contributed by atoms with E-state index in [2.05, 4.69) is 77.4 Å². The molecule has 0 saturated carbocycles. The van der Waals surface area contributed by atoms with Crippen molar-refractivity contribution in [2.75, 3.05) is 6.54 Å². The molecule has 0 spiro atoms. The van der Waals surface area contributed by atoms with Gasteiger partial charge in [0.25, 0.3) is 0 Å². The number of hydrogen-bond acceptors (Lipinski definition) is 3. The first-order valence-electron chi connectivity index (χ1n) is 9.82. The highest BCUT2D eigenvalue weighted by atomic mass is 35.5. The third-order valence-electron chi connectivity index (χ3n) is 5.19. The third-order valence-corrected chi connectivity index (χ3v) is 6.56. The fourth-order valence-corrected chi connectivity index (χ4v) is 4.81. The van der Waals surface area contributed by atoms with Gasteiger partial charge in [0.05, 0.1) is 0 Å². The minimum Gasteiger partial charge on any atom is -0.309 e. The van der Waals surface area contributed by atoms with Gasteiger partial charge in [0.1, 0.15) is 0 Å². The maximum Gasteiger partial charge on any atom is 0.0476 e. The molecule has 160 valence electrons. The molecule has 1 saturated heterocycles. The van der Waals surface area contributed by atoms with Crippen molar-refractivity contribution in [3.8, 4) is 0 Å².